The van der Waals surface area contributed by atoms with Gasteiger partial charge in [-0.15, -0.1) is 0 Å². The lowest BCUT2D eigenvalue weighted by Gasteiger charge is -2.22. The van der Waals surface area contributed by atoms with Crippen molar-refractivity contribution in [1.29, 1.82) is 10.5 Å². The molecule has 8 nitrogen and oxygen atoms in total. The highest BCUT2D eigenvalue weighted by Crippen LogP contribution is 2.36. The largest absolute Gasteiger partial charge is 0.497 e. The maximum absolute atomic E-state index is 12.5. The van der Waals surface area contributed by atoms with Gasteiger partial charge < -0.3 is 19.3 Å². The first kappa shape index (κ1) is 18.1. The third-order valence-corrected chi connectivity index (χ3v) is 3.99. The number of hydrogen-bond acceptors (Lipinski definition) is 6. The van der Waals surface area contributed by atoms with E-state index in [9.17, 15) is 9.59 Å². The average molecular weight is 342 g/mol. The van der Waals surface area contributed by atoms with Crippen molar-refractivity contribution in [2.24, 2.45) is 5.92 Å². The van der Waals surface area contributed by atoms with Gasteiger partial charge in [-0.3, -0.25) is 9.59 Å². The quantitative estimate of drug-likeness (QED) is 0.712. The maximum atomic E-state index is 12.5. The molecule has 0 unspecified atom stereocenters. The van der Waals surface area contributed by atoms with Crippen LogP contribution in [0.15, 0.2) is 18.2 Å². The Balaban J connectivity index is 2.22. The van der Waals surface area contributed by atoms with E-state index >= 15 is 0 Å². The van der Waals surface area contributed by atoms with Gasteiger partial charge in [0, 0.05) is 19.0 Å². The summed E-state index contributed by atoms with van der Waals surface area (Å²) in [6, 6.07) is 8.79. The van der Waals surface area contributed by atoms with Crippen LogP contribution in [0.3, 0.4) is 0 Å². The predicted octanol–water partition coefficient (Wildman–Crippen LogP) is 0.932. The number of nitrogens with zero attached hydrogens (tertiary/aromatic N) is 4. The minimum absolute atomic E-state index is 0.0291. The van der Waals surface area contributed by atoms with Crippen LogP contribution in [0, 0.1) is 28.6 Å². The van der Waals surface area contributed by atoms with Gasteiger partial charge in [-0.1, -0.05) is 0 Å². The van der Waals surface area contributed by atoms with Gasteiger partial charge in [-0.05, 0) is 12.1 Å². The number of anilines is 1. The monoisotopic (exact) mass is 342 g/mol. The normalized spacial score (nSPS) is 16.1. The summed E-state index contributed by atoms with van der Waals surface area (Å²) < 4.78 is 10.5. The minimum atomic E-state index is -0.596. The molecule has 0 aliphatic carbocycles. The number of nitriles is 2. The summed E-state index contributed by atoms with van der Waals surface area (Å²) in [5, 5.41) is 17.6. The molecule has 2 amide bonds. The molecular weight excluding hydrogens is 324 g/mol. The van der Waals surface area contributed by atoms with Crippen molar-refractivity contribution in [3.63, 3.8) is 0 Å². The summed E-state index contributed by atoms with van der Waals surface area (Å²) in [6.45, 7) is -0.181. The molecule has 0 spiro atoms. The van der Waals surface area contributed by atoms with Gasteiger partial charge in [0.05, 0.1) is 38.0 Å². The van der Waals surface area contributed by atoms with Crippen molar-refractivity contribution in [3.8, 4) is 23.6 Å². The lowest BCUT2D eigenvalue weighted by molar-refractivity contribution is -0.134. The molecular formula is C17H18N4O4. The minimum Gasteiger partial charge on any atom is -0.497 e. The molecule has 0 saturated carbocycles. The van der Waals surface area contributed by atoms with Crippen molar-refractivity contribution in [2.75, 3.05) is 38.8 Å². The first-order chi connectivity index (χ1) is 12.0. The van der Waals surface area contributed by atoms with E-state index in [4.69, 9.17) is 20.0 Å². The Morgan fingerprint density at radius 2 is 1.96 bits per heavy atom. The van der Waals surface area contributed by atoms with E-state index in [0.29, 0.717) is 17.2 Å². The average Bonchev–Trinajstić information content (AvgIpc) is 3.01. The number of carbonyl (C=O) groups is 2. The number of carbonyl (C=O) groups excluding carboxylic acids is 2. The van der Waals surface area contributed by atoms with Crippen molar-refractivity contribution in [1.82, 2.24) is 4.90 Å². The lowest BCUT2D eigenvalue weighted by Crippen LogP contribution is -2.38. The third-order valence-electron chi connectivity index (χ3n) is 3.99. The Hall–Kier alpha value is -3.26. The van der Waals surface area contributed by atoms with Gasteiger partial charge in [0.2, 0.25) is 11.8 Å². The van der Waals surface area contributed by atoms with E-state index in [1.54, 1.807) is 18.2 Å². The number of hydrogen-bond donors (Lipinski definition) is 0. The van der Waals surface area contributed by atoms with Gasteiger partial charge in [0.15, 0.2) is 0 Å². The standard InChI is InChI=1S/C17H18N4O4/c1-24-13-3-4-14(15(10-13)25-2)21-11-12(9-16(21)22)17(23)20(7-5-18)8-6-19/h3-4,10,12H,7-9,11H2,1-2H3/t12-/m1/s1. The van der Waals surface area contributed by atoms with Crippen LogP contribution < -0.4 is 14.4 Å². The zero-order valence-electron chi connectivity index (χ0n) is 14.1. The van der Waals surface area contributed by atoms with E-state index in [1.165, 1.54) is 19.1 Å². The Morgan fingerprint density at radius 3 is 2.52 bits per heavy atom. The molecule has 1 aliphatic heterocycles. The van der Waals surface area contributed by atoms with Crippen molar-refractivity contribution >= 4 is 17.5 Å². The van der Waals surface area contributed by atoms with Gasteiger partial charge in [-0.25, -0.2) is 0 Å². The van der Waals surface area contributed by atoms with E-state index < -0.39 is 5.92 Å². The van der Waals surface area contributed by atoms with Crippen LogP contribution in [0.1, 0.15) is 6.42 Å². The Labute approximate surface area is 145 Å². The molecule has 1 fully saturated rings. The van der Waals surface area contributed by atoms with Crippen LogP contribution in [0.2, 0.25) is 0 Å². The van der Waals surface area contributed by atoms with E-state index in [1.807, 2.05) is 12.1 Å². The molecule has 2 rings (SSSR count). The molecule has 1 atom stereocenters. The Bertz CT molecular complexity index is 734. The first-order valence-corrected chi connectivity index (χ1v) is 7.60. The fraction of sp³-hybridized carbons (Fsp3) is 0.412. The Morgan fingerprint density at radius 1 is 1.28 bits per heavy atom. The molecule has 1 aromatic rings. The molecule has 0 radical (unpaired) electrons. The fourth-order valence-electron chi connectivity index (χ4n) is 2.75. The van der Waals surface area contributed by atoms with E-state index in [2.05, 4.69) is 0 Å². The molecule has 1 saturated heterocycles. The van der Waals surface area contributed by atoms with Crippen molar-refractivity contribution < 1.29 is 19.1 Å². The van der Waals surface area contributed by atoms with E-state index in [0.717, 1.165) is 4.90 Å². The first-order valence-electron chi connectivity index (χ1n) is 7.60. The molecule has 8 heteroatoms. The molecule has 130 valence electrons. The highest BCUT2D eigenvalue weighted by molar-refractivity contribution is 6.01. The maximum Gasteiger partial charge on any atom is 0.229 e. The highest BCUT2D eigenvalue weighted by Gasteiger charge is 2.38. The van der Waals surface area contributed by atoms with E-state index in [-0.39, 0.29) is 37.9 Å². The molecule has 1 heterocycles. The summed E-state index contributed by atoms with van der Waals surface area (Å²) >= 11 is 0. The number of ether oxygens (including phenoxy) is 2. The van der Waals surface area contributed by atoms with Crippen LogP contribution in [0.4, 0.5) is 5.69 Å². The van der Waals surface area contributed by atoms with Gasteiger partial charge >= 0.3 is 0 Å². The topological polar surface area (TPSA) is 107 Å². The zero-order valence-corrected chi connectivity index (χ0v) is 14.1. The molecule has 25 heavy (non-hydrogen) atoms. The third kappa shape index (κ3) is 3.81. The molecule has 1 aromatic carbocycles. The summed E-state index contributed by atoms with van der Waals surface area (Å²) in [5.41, 5.74) is 0.552. The Kier molecular flexibility index (Phi) is 5.80. The van der Waals surface area contributed by atoms with Crippen LogP contribution in [0.25, 0.3) is 0 Å². The number of methoxy groups -OCH3 is 2. The summed E-state index contributed by atoms with van der Waals surface area (Å²) in [5.74, 6) is -0.121. The zero-order chi connectivity index (χ0) is 18.4. The second-order valence-corrected chi connectivity index (χ2v) is 5.45. The molecule has 0 N–H and O–H groups in total. The number of rotatable bonds is 6. The summed E-state index contributed by atoms with van der Waals surface area (Å²) in [4.78, 5) is 27.5. The van der Waals surface area contributed by atoms with Crippen LogP contribution >= 0.6 is 0 Å². The van der Waals surface area contributed by atoms with Crippen LogP contribution in [0.5, 0.6) is 11.5 Å². The van der Waals surface area contributed by atoms with Gasteiger partial charge in [0.25, 0.3) is 0 Å². The highest BCUT2D eigenvalue weighted by atomic mass is 16.5. The predicted molar refractivity (Wildman–Crippen MR) is 87.8 cm³/mol. The summed E-state index contributed by atoms with van der Waals surface area (Å²) in [6.07, 6.45) is 0.0291. The number of benzene rings is 1. The fourth-order valence-corrected chi connectivity index (χ4v) is 2.75. The molecule has 1 aliphatic rings. The van der Waals surface area contributed by atoms with Crippen molar-refractivity contribution in [3.05, 3.63) is 18.2 Å². The second kappa shape index (κ2) is 8.02. The van der Waals surface area contributed by atoms with Gasteiger partial charge in [-0.2, -0.15) is 10.5 Å². The number of amides is 2. The molecule has 0 bridgehead atoms. The second-order valence-electron chi connectivity index (χ2n) is 5.45. The lowest BCUT2D eigenvalue weighted by atomic mass is 10.1. The summed E-state index contributed by atoms with van der Waals surface area (Å²) in [7, 11) is 3.02. The van der Waals surface area contributed by atoms with Crippen molar-refractivity contribution in [2.45, 2.75) is 6.42 Å². The SMILES string of the molecule is COc1ccc(N2C[C@H](C(=O)N(CC#N)CC#N)CC2=O)c(OC)c1. The molecule has 0 aromatic heterocycles. The smallest absolute Gasteiger partial charge is 0.229 e. The van der Waals surface area contributed by atoms with Crippen LogP contribution in [-0.2, 0) is 9.59 Å². The van der Waals surface area contributed by atoms with Gasteiger partial charge in [0.1, 0.15) is 24.6 Å². The van der Waals surface area contributed by atoms with Crippen LogP contribution in [-0.4, -0.2) is 50.6 Å².